The lowest BCUT2D eigenvalue weighted by Crippen LogP contribution is -2.52. The van der Waals surface area contributed by atoms with E-state index in [1.165, 1.54) is 27.7 Å². The van der Waals surface area contributed by atoms with Crippen LogP contribution in [-0.4, -0.2) is 19.3 Å². The third-order valence-corrected chi connectivity index (χ3v) is 5.66. The van der Waals surface area contributed by atoms with Crippen molar-refractivity contribution in [3.63, 3.8) is 0 Å². The third kappa shape index (κ3) is 3.09. The molecule has 0 saturated carbocycles. The lowest BCUT2D eigenvalue weighted by molar-refractivity contribution is -0.257. The molecular formula is C21H22BF3O. The molecule has 0 aromatic heterocycles. The molecule has 3 aromatic rings. The third-order valence-electron chi connectivity index (χ3n) is 5.66. The molecule has 136 valence electrons. The maximum Gasteiger partial charge on any atom is 0.396 e. The highest BCUT2D eigenvalue weighted by Gasteiger charge is 2.56. The molecule has 0 atom stereocenters. The second kappa shape index (κ2) is 6.31. The number of fused-ring (bicyclic) bond motifs is 3. The smallest absolute Gasteiger partial charge is 0.396 e. The number of hydrogen-bond acceptors (Lipinski definition) is 1. The van der Waals surface area contributed by atoms with Crippen LogP contribution in [0.15, 0.2) is 54.6 Å². The SMILES string of the molecule is CC(C)(OBc1cc2ccccc2c2ccccc12)C(C)(C)C(F)(F)F. The van der Waals surface area contributed by atoms with Crippen molar-refractivity contribution >= 4 is 34.5 Å². The number of rotatable bonds is 4. The van der Waals surface area contributed by atoms with Crippen LogP contribution in [0.4, 0.5) is 13.2 Å². The van der Waals surface area contributed by atoms with Crippen molar-refractivity contribution in [1.82, 2.24) is 0 Å². The van der Waals surface area contributed by atoms with Crippen molar-refractivity contribution < 1.29 is 17.8 Å². The zero-order valence-corrected chi connectivity index (χ0v) is 15.4. The lowest BCUT2D eigenvalue weighted by atomic mass is 9.73. The lowest BCUT2D eigenvalue weighted by Gasteiger charge is -2.43. The Kier molecular flexibility index (Phi) is 4.56. The molecule has 0 radical (unpaired) electrons. The van der Waals surface area contributed by atoms with E-state index in [4.69, 9.17) is 4.65 Å². The topological polar surface area (TPSA) is 9.23 Å². The minimum Gasteiger partial charge on any atom is -0.429 e. The molecule has 0 N–H and O–H groups in total. The summed E-state index contributed by atoms with van der Waals surface area (Å²) in [6.45, 7) is 5.38. The first-order valence-electron chi connectivity index (χ1n) is 8.65. The fourth-order valence-corrected chi connectivity index (χ4v) is 3.03. The van der Waals surface area contributed by atoms with E-state index in [9.17, 15) is 13.2 Å². The molecule has 0 aliphatic carbocycles. The number of hydrogen-bond donors (Lipinski definition) is 0. The molecule has 0 saturated heterocycles. The van der Waals surface area contributed by atoms with Crippen LogP contribution in [0.3, 0.4) is 0 Å². The van der Waals surface area contributed by atoms with Crippen LogP contribution in [0.1, 0.15) is 27.7 Å². The zero-order valence-electron chi connectivity index (χ0n) is 15.4. The van der Waals surface area contributed by atoms with Gasteiger partial charge in [-0.15, -0.1) is 0 Å². The van der Waals surface area contributed by atoms with E-state index < -0.39 is 17.2 Å². The average molecular weight is 358 g/mol. The molecule has 0 bridgehead atoms. The first kappa shape index (κ1) is 18.8. The normalized spacial score (nSPS) is 13.3. The van der Waals surface area contributed by atoms with Gasteiger partial charge in [-0.1, -0.05) is 54.6 Å². The molecule has 0 aliphatic heterocycles. The van der Waals surface area contributed by atoms with Gasteiger partial charge in [-0.25, -0.2) is 0 Å². The van der Waals surface area contributed by atoms with E-state index in [1.54, 1.807) is 0 Å². The Morgan fingerprint density at radius 3 is 1.92 bits per heavy atom. The molecule has 0 spiro atoms. The van der Waals surface area contributed by atoms with Gasteiger partial charge in [-0.2, -0.15) is 13.2 Å². The molecular weight excluding hydrogens is 336 g/mol. The fraction of sp³-hybridized carbons (Fsp3) is 0.333. The van der Waals surface area contributed by atoms with Gasteiger partial charge in [-0.3, -0.25) is 0 Å². The summed E-state index contributed by atoms with van der Waals surface area (Å²) in [6.07, 6.45) is -4.35. The molecule has 0 aliphatic rings. The van der Waals surface area contributed by atoms with Crippen LogP contribution >= 0.6 is 0 Å². The maximum atomic E-state index is 13.4. The van der Waals surface area contributed by atoms with Crippen LogP contribution in [0.5, 0.6) is 0 Å². The van der Waals surface area contributed by atoms with Crippen LogP contribution in [0.25, 0.3) is 21.5 Å². The first-order valence-corrected chi connectivity index (χ1v) is 8.65. The van der Waals surface area contributed by atoms with E-state index in [1.807, 2.05) is 48.5 Å². The van der Waals surface area contributed by atoms with Gasteiger partial charge in [0.15, 0.2) is 0 Å². The van der Waals surface area contributed by atoms with Crippen LogP contribution in [0, 0.1) is 5.41 Å². The van der Waals surface area contributed by atoms with E-state index >= 15 is 0 Å². The predicted molar refractivity (Wildman–Crippen MR) is 103 cm³/mol. The van der Waals surface area contributed by atoms with Gasteiger partial charge in [0.1, 0.15) is 0 Å². The van der Waals surface area contributed by atoms with Gasteiger partial charge in [0.05, 0.1) is 11.0 Å². The Bertz CT molecular complexity index is 945. The summed E-state index contributed by atoms with van der Waals surface area (Å²) < 4.78 is 46.2. The van der Waals surface area contributed by atoms with Gasteiger partial charge in [0.2, 0.25) is 0 Å². The Hall–Kier alpha value is -2.01. The molecule has 3 aromatic carbocycles. The molecule has 26 heavy (non-hydrogen) atoms. The molecule has 0 amide bonds. The average Bonchev–Trinajstić information content (AvgIpc) is 2.58. The number of halogens is 3. The van der Waals surface area contributed by atoms with E-state index in [-0.39, 0.29) is 7.48 Å². The molecule has 0 heterocycles. The van der Waals surface area contributed by atoms with Crippen molar-refractivity contribution in [2.75, 3.05) is 0 Å². The summed E-state index contributed by atoms with van der Waals surface area (Å²) in [5, 5.41) is 4.27. The van der Waals surface area contributed by atoms with Gasteiger partial charge < -0.3 is 4.65 Å². The quantitative estimate of drug-likeness (QED) is 0.451. The standard InChI is InChI=1S/C21H22BF3O/c1-19(2,21(23,24)25)20(3,4)26-22-18-13-14-9-5-6-10-15(14)16-11-7-8-12-17(16)18/h5-13,22H,1-4H3. The monoisotopic (exact) mass is 358 g/mol. The highest BCUT2D eigenvalue weighted by atomic mass is 19.4. The second-order valence-corrected chi connectivity index (χ2v) is 7.72. The van der Waals surface area contributed by atoms with Crippen molar-refractivity contribution in [3.05, 3.63) is 54.6 Å². The molecule has 0 fully saturated rings. The fourth-order valence-electron chi connectivity index (χ4n) is 3.03. The van der Waals surface area contributed by atoms with Gasteiger partial charge in [-0.05, 0) is 54.7 Å². The van der Waals surface area contributed by atoms with Crippen molar-refractivity contribution in [2.45, 2.75) is 39.5 Å². The highest BCUT2D eigenvalue weighted by molar-refractivity contribution is 6.52. The molecule has 0 unspecified atom stereocenters. The Labute approximate surface area is 152 Å². The molecule has 5 heteroatoms. The highest BCUT2D eigenvalue weighted by Crippen LogP contribution is 2.47. The second-order valence-electron chi connectivity index (χ2n) is 7.72. The summed E-state index contributed by atoms with van der Waals surface area (Å²) in [6, 6.07) is 17.9. The van der Waals surface area contributed by atoms with Crippen LogP contribution in [-0.2, 0) is 4.65 Å². The number of alkyl halides is 3. The summed E-state index contributed by atoms with van der Waals surface area (Å²) in [5.41, 5.74) is -2.43. The van der Waals surface area contributed by atoms with Gasteiger partial charge >= 0.3 is 13.7 Å². The Balaban J connectivity index is 2.01. The molecule has 3 rings (SSSR count). The summed E-state index contributed by atoms with van der Waals surface area (Å²) in [7, 11) is 0.123. The number of benzene rings is 3. The van der Waals surface area contributed by atoms with Gasteiger partial charge in [0.25, 0.3) is 0 Å². The minimum atomic E-state index is -4.35. The van der Waals surface area contributed by atoms with Crippen molar-refractivity contribution in [1.29, 1.82) is 0 Å². The van der Waals surface area contributed by atoms with Gasteiger partial charge in [0, 0.05) is 0 Å². The van der Waals surface area contributed by atoms with E-state index in [0.717, 1.165) is 27.0 Å². The Morgan fingerprint density at radius 2 is 1.31 bits per heavy atom. The van der Waals surface area contributed by atoms with E-state index in [2.05, 4.69) is 6.07 Å². The minimum absolute atomic E-state index is 0.123. The zero-order chi connectivity index (χ0) is 19.2. The maximum absolute atomic E-state index is 13.4. The largest absolute Gasteiger partial charge is 0.429 e. The first-order chi connectivity index (χ1) is 12.0. The summed E-state index contributed by atoms with van der Waals surface area (Å²) in [5.74, 6) is 0. The van der Waals surface area contributed by atoms with E-state index in [0.29, 0.717) is 0 Å². The molecule has 1 nitrogen and oxygen atoms in total. The van der Waals surface area contributed by atoms with Crippen molar-refractivity contribution in [3.8, 4) is 0 Å². The summed E-state index contributed by atoms with van der Waals surface area (Å²) in [4.78, 5) is 0. The predicted octanol–water partition coefficient (Wildman–Crippen LogP) is 5.35. The summed E-state index contributed by atoms with van der Waals surface area (Å²) >= 11 is 0. The van der Waals surface area contributed by atoms with Crippen LogP contribution < -0.4 is 5.46 Å². The Morgan fingerprint density at radius 1 is 0.769 bits per heavy atom. The van der Waals surface area contributed by atoms with Crippen molar-refractivity contribution in [2.24, 2.45) is 5.41 Å². The van der Waals surface area contributed by atoms with Crippen LogP contribution in [0.2, 0.25) is 0 Å².